The number of hydrogen-bond acceptors (Lipinski definition) is 5. The molecule has 0 saturated carbocycles. The van der Waals surface area contributed by atoms with E-state index in [0.29, 0.717) is 25.4 Å². The molecule has 1 aromatic carbocycles. The van der Waals surface area contributed by atoms with Gasteiger partial charge in [0.25, 0.3) is 0 Å². The summed E-state index contributed by atoms with van der Waals surface area (Å²) >= 11 is 0. The topological polar surface area (TPSA) is 63.7 Å². The van der Waals surface area contributed by atoms with Crippen LogP contribution in [-0.4, -0.2) is 42.6 Å². The minimum absolute atomic E-state index is 0.131. The average molecular weight is 398 g/mol. The normalized spacial score (nSPS) is 14.9. The second-order valence-electron chi connectivity index (χ2n) is 8.52. The molecular weight excluding hydrogens is 366 g/mol. The highest BCUT2D eigenvalue weighted by atomic mass is 16.5. The predicted octanol–water partition coefficient (Wildman–Crippen LogP) is 3.19. The zero-order valence-corrected chi connectivity index (χ0v) is 18.0. The van der Waals surface area contributed by atoms with E-state index < -0.39 is 0 Å². The van der Waals surface area contributed by atoms with E-state index in [9.17, 15) is 4.79 Å². The third-order valence-corrected chi connectivity index (χ3v) is 5.40. The lowest BCUT2D eigenvalue weighted by molar-refractivity contribution is -0.137. The fraction of sp³-hybridized carbons (Fsp3) is 0.478. The number of carbonyl (C=O) groups excluding carboxylic acids is 1. The smallest absolute Gasteiger partial charge is 0.240 e. The Morgan fingerprint density at radius 1 is 1.14 bits per heavy atom. The molecule has 2 aromatic rings. The van der Waals surface area contributed by atoms with Gasteiger partial charge in [-0.05, 0) is 52.8 Å². The van der Waals surface area contributed by atoms with E-state index in [4.69, 9.17) is 9.47 Å². The quantitative estimate of drug-likeness (QED) is 0.811. The maximum Gasteiger partial charge on any atom is 0.240 e. The Bertz CT molecular complexity index is 846. The van der Waals surface area contributed by atoms with Crippen molar-refractivity contribution in [3.05, 3.63) is 53.3 Å². The van der Waals surface area contributed by atoms with Crippen molar-refractivity contribution in [2.45, 2.75) is 46.3 Å². The lowest BCUT2D eigenvalue weighted by atomic mass is 9.85. The number of rotatable bonds is 6. The highest BCUT2D eigenvalue weighted by Crippen LogP contribution is 2.34. The largest absolute Gasteiger partial charge is 0.493 e. The van der Waals surface area contributed by atoms with Gasteiger partial charge in [-0.25, -0.2) is 0 Å². The Morgan fingerprint density at radius 3 is 2.34 bits per heavy atom. The standard InChI is InChI=1S/C23H31N3O3/c1-23(2,3)21(25-14-16-6-9-24-10-7-16)22(27)26-11-8-17-12-19(28-4)20(29-5)13-18(17)15-26/h6-7,9-10,12-13,21,25H,8,11,14-15H2,1-5H3/t21-/m0/s1. The minimum atomic E-state index is -0.280. The molecule has 1 aliphatic rings. The van der Waals surface area contributed by atoms with Gasteiger partial charge in [0, 0.05) is 32.0 Å². The number of benzene rings is 1. The second kappa shape index (κ2) is 8.82. The van der Waals surface area contributed by atoms with Gasteiger partial charge >= 0.3 is 0 Å². The van der Waals surface area contributed by atoms with Crippen LogP contribution in [0.4, 0.5) is 0 Å². The van der Waals surface area contributed by atoms with Crippen molar-refractivity contribution in [3.63, 3.8) is 0 Å². The third kappa shape index (κ3) is 4.88. The molecule has 1 aliphatic heterocycles. The molecule has 0 fully saturated rings. The number of carbonyl (C=O) groups is 1. The predicted molar refractivity (Wildman–Crippen MR) is 113 cm³/mol. The number of amides is 1. The molecule has 0 spiro atoms. The first-order chi connectivity index (χ1) is 13.8. The van der Waals surface area contributed by atoms with Crippen LogP contribution in [0.2, 0.25) is 0 Å². The number of fused-ring (bicyclic) bond motifs is 1. The monoisotopic (exact) mass is 397 g/mol. The molecule has 6 nitrogen and oxygen atoms in total. The minimum Gasteiger partial charge on any atom is -0.493 e. The number of nitrogens with one attached hydrogen (secondary N) is 1. The van der Waals surface area contributed by atoms with Crippen molar-refractivity contribution in [2.24, 2.45) is 5.41 Å². The summed E-state index contributed by atoms with van der Waals surface area (Å²) in [6.45, 7) is 8.21. The summed E-state index contributed by atoms with van der Waals surface area (Å²) in [5.74, 6) is 1.56. The molecule has 0 bridgehead atoms. The van der Waals surface area contributed by atoms with Gasteiger partial charge < -0.3 is 19.7 Å². The number of nitrogens with zero attached hydrogens (tertiary/aromatic N) is 2. The molecule has 6 heteroatoms. The van der Waals surface area contributed by atoms with Crippen LogP contribution >= 0.6 is 0 Å². The number of pyridine rings is 1. The van der Waals surface area contributed by atoms with Crippen molar-refractivity contribution in [3.8, 4) is 11.5 Å². The van der Waals surface area contributed by atoms with Crippen LogP contribution in [0, 0.1) is 5.41 Å². The first-order valence-corrected chi connectivity index (χ1v) is 9.98. The molecule has 0 saturated heterocycles. The van der Waals surface area contributed by atoms with Crippen molar-refractivity contribution in [1.29, 1.82) is 0 Å². The Balaban J connectivity index is 1.76. The van der Waals surface area contributed by atoms with Gasteiger partial charge in [0.1, 0.15) is 0 Å². The molecule has 0 radical (unpaired) electrons. The molecule has 1 aromatic heterocycles. The van der Waals surface area contributed by atoms with E-state index in [0.717, 1.165) is 23.3 Å². The van der Waals surface area contributed by atoms with Gasteiger partial charge in [0.2, 0.25) is 5.91 Å². The van der Waals surface area contributed by atoms with E-state index in [-0.39, 0.29) is 17.4 Å². The summed E-state index contributed by atoms with van der Waals surface area (Å²) in [6.07, 6.45) is 4.35. The summed E-state index contributed by atoms with van der Waals surface area (Å²) in [4.78, 5) is 19.5. The molecule has 3 rings (SSSR count). The maximum atomic E-state index is 13.4. The molecule has 0 unspecified atom stereocenters. The molecule has 156 valence electrons. The van der Waals surface area contributed by atoms with Crippen LogP contribution in [0.1, 0.15) is 37.5 Å². The van der Waals surface area contributed by atoms with Crippen LogP contribution in [0.5, 0.6) is 11.5 Å². The van der Waals surface area contributed by atoms with Crippen LogP contribution in [0.3, 0.4) is 0 Å². The summed E-state index contributed by atoms with van der Waals surface area (Å²) in [5, 5.41) is 3.47. The van der Waals surface area contributed by atoms with E-state index in [2.05, 4.69) is 31.1 Å². The molecule has 2 heterocycles. The van der Waals surface area contributed by atoms with Gasteiger partial charge in [-0.2, -0.15) is 0 Å². The van der Waals surface area contributed by atoms with Gasteiger partial charge in [0.05, 0.1) is 20.3 Å². The van der Waals surface area contributed by atoms with Gasteiger partial charge in [0.15, 0.2) is 11.5 Å². The molecule has 1 amide bonds. The molecular formula is C23H31N3O3. The first kappa shape index (κ1) is 21.1. The van der Waals surface area contributed by atoms with Gasteiger partial charge in [-0.15, -0.1) is 0 Å². The number of hydrogen-bond donors (Lipinski definition) is 1. The van der Waals surface area contributed by atoms with Crippen LogP contribution in [0.25, 0.3) is 0 Å². The molecule has 0 aliphatic carbocycles. The Kier molecular flexibility index (Phi) is 6.42. The zero-order chi connectivity index (χ0) is 21.0. The van der Waals surface area contributed by atoms with E-state index in [1.165, 1.54) is 5.56 Å². The molecule has 1 atom stereocenters. The van der Waals surface area contributed by atoms with Crippen molar-refractivity contribution < 1.29 is 14.3 Å². The molecule has 1 N–H and O–H groups in total. The van der Waals surface area contributed by atoms with Crippen LogP contribution < -0.4 is 14.8 Å². The lowest BCUT2D eigenvalue weighted by Crippen LogP contribution is -2.53. The van der Waals surface area contributed by atoms with E-state index >= 15 is 0 Å². The third-order valence-electron chi connectivity index (χ3n) is 5.40. The number of methoxy groups -OCH3 is 2. The zero-order valence-electron chi connectivity index (χ0n) is 18.0. The Hall–Kier alpha value is -2.60. The SMILES string of the molecule is COc1cc2c(cc1OC)CN(C(=O)[C@H](NCc1ccncc1)C(C)(C)C)CC2. The highest BCUT2D eigenvalue weighted by molar-refractivity contribution is 5.83. The summed E-state index contributed by atoms with van der Waals surface area (Å²) in [5.41, 5.74) is 3.23. The van der Waals surface area contributed by atoms with Crippen molar-refractivity contribution >= 4 is 5.91 Å². The van der Waals surface area contributed by atoms with Crippen LogP contribution in [-0.2, 0) is 24.3 Å². The van der Waals surface area contributed by atoms with E-state index in [1.54, 1.807) is 26.6 Å². The second-order valence-corrected chi connectivity index (χ2v) is 8.52. The Morgan fingerprint density at radius 2 is 1.76 bits per heavy atom. The maximum absolute atomic E-state index is 13.4. The number of aromatic nitrogens is 1. The van der Waals surface area contributed by atoms with Crippen molar-refractivity contribution in [1.82, 2.24) is 15.2 Å². The Labute approximate surface area is 173 Å². The summed E-state index contributed by atoms with van der Waals surface area (Å²) in [6, 6.07) is 7.67. The van der Waals surface area contributed by atoms with Gasteiger partial charge in [-0.1, -0.05) is 20.8 Å². The average Bonchev–Trinajstić information content (AvgIpc) is 2.72. The van der Waals surface area contributed by atoms with E-state index in [1.807, 2.05) is 29.2 Å². The fourth-order valence-electron chi connectivity index (χ4n) is 3.74. The first-order valence-electron chi connectivity index (χ1n) is 9.98. The molecule has 29 heavy (non-hydrogen) atoms. The van der Waals surface area contributed by atoms with Crippen LogP contribution in [0.15, 0.2) is 36.7 Å². The number of ether oxygens (including phenoxy) is 2. The highest BCUT2D eigenvalue weighted by Gasteiger charge is 2.35. The fourth-order valence-corrected chi connectivity index (χ4v) is 3.74. The summed E-state index contributed by atoms with van der Waals surface area (Å²) in [7, 11) is 3.28. The van der Waals surface area contributed by atoms with Crippen molar-refractivity contribution in [2.75, 3.05) is 20.8 Å². The van der Waals surface area contributed by atoms with Gasteiger partial charge in [-0.3, -0.25) is 9.78 Å². The summed E-state index contributed by atoms with van der Waals surface area (Å²) < 4.78 is 10.9. The lowest BCUT2D eigenvalue weighted by Gasteiger charge is -2.37.